The van der Waals surface area contributed by atoms with Gasteiger partial charge in [-0.3, -0.25) is 4.79 Å². The minimum atomic E-state index is -0.299. The molecule has 0 fully saturated rings. The van der Waals surface area contributed by atoms with Crippen LogP contribution < -0.4 is 0 Å². The Morgan fingerprint density at radius 1 is 1.10 bits per heavy atom. The first-order valence-corrected chi connectivity index (χ1v) is 7.95. The maximum atomic E-state index is 13.9. The molecular weight excluding hydrogens is 331 g/mol. The third-order valence-electron chi connectivity index (χ3n) is 3.61. The van der Waals surface area contributed by atoms with Crippen LogP contribution in [-0.2, 0) is 19.3 Å². The first-order valence-electron chi connectivity index (χ1n) is 7.15. The van der Waals surface area contributed by atoms with Crippen molar-refractivity contribution in [3.8, 4) is 0 Å². The van der Waals surface area contributed by atoms with Gasteiger partial charge in [-0.15, -0.1) is 0 Å². The van der Waals surface area contributed by atoms with Crippen LogP contribution in [0.1, 0.15) is 40.4 Å². The molecule has 2 rings (SSSR count). The van der Waals surface area contributed by atoms with E-state index in [1.807, 2.05) is 6.07 Å². The molecule has 1 nitrogen and oxygen atoms in total. The highest BCUT2D eigenvalue weighted by atomic mass is 79.9. The molecule has 0 aromatic heterocycles. The molecule has 0 saturated heterocycles. The van der Waals surface area contributed by atoms with Gasteiger partial charge < -0.3 is 0 Å². The largest absolute Gasteiger partial charge is 0.298 e. The van der Waals surface area contributed by atoms with Gasteiger partial charge in [0.1, 0.15) is 12.1 Å². The lowest BCUT2D eigenvalue weighted by atomic mass is 9.95. The molecule has 0 spiro atoms. The second-order valence-electron chi connectivity index (χ2n) is 5.09. The number of carbonyl (C=O) groups is 1. The molecule has 0 radical (unpaired) electrons. The van der Waals surface area contributed by atoms with Crippen molar-refractivity contribution in [3.05, 3.63) is 68.9 Å². The molecule has 110 valence electrons. The van der Waals surface area contributed by atoms with Crippen molar-refractivity contribution < 1.29 is 9.18 Å². The lowest BCUT2D eigenvalue weighted by molar-refractivity contribution is 0.112. The highest BCUT2D eigenvalue weighted by Gasteiger charge is 2.10. The van der Waals surface area contributed by atoms with Gasteiger partial charge in [0.2, 0.25) is 0 Å². The van der Waals surface area contributed by atoms with Crippen molar-refractivity contribution in [3.63, 3.8) is 0 Å². The Labute approximate surface area is 133 Å². The molecule has 0 unspecified atom stereocenters. The SMILES string of the molecule is CCCc1ccc(Br)cc1CCc1c(F)cccc1C=O. The minimum absolute atomic E-state index is 0.299. The monoisotopic (exact) mass is 348 g/mol. The van der Waals surface area contributed by atoms with Crippen LogP contribution >= 0.6 is 15.9 Å². The Morgan fingerprint density at radius 2 is 1.90 bits per heavy atom. The van der Waals surface area contributed by atoms with Crippen LogP contribution in [0.25, 0.3) is 0 Å². The minimum Gasteiger partial charge on any atom is -0.298 e. The number of carbonyl (C=O) groups excluding carboxylic acids is 1. The Bertz CT molecular complexity index is 637. The molecule has 2 aromatic rings. The predicted octanol–water partition coefficient (Wildman–Crippen LogP) is 5.14. The van der Waals surface area contributed by atoms with Crippen LogP contribution in [0.3, 0.4) is 0 Å². The number of rotatable bonds is 6. The zero-order valence-corrected chi connectivity index (χ0v) is 13.6. The molecule has 21 heavy (non-hydrogen) atoms. The maximum absolute atomic E-state index is 13.9. The van der Waals surface area contributed by atoms with E-state index in [0.29, 0.717) is 17.5 Å². The molecule has 0 aliphatic rings. The third-order valence-corrected chi connectivity index (χ3v) is 4.11. The number of aldehydes is 1. The molecule has 0 atom stereocenters. The highest BCUT2D eigenvalue weighted by molar-refractivity contribution is 9.10. The van der Waals surface area contributed by atoms with E-state index in [4.69, 9.17) is 0 Å². The van der Waals surface area contributed by atoms with Crippen LogP contribution in [-0.4, -0.2) is 6.29 Å². The fraction of sp³-hybridized carbons (Fsp3) is 0.278. The van der Waals surface area contributed by atoms with Crippen molar-refractivity contribution >= 4 is 22.2 Å². The summed E-state index contributed by atoms with van der Waals surface area (Å²) in [5.41, 5.74) is 3.47. The molecule has 0 heterocycles. The summed E-state index contributed by atoms with van der Waals surface area (Å²) in [7, 11) is 0. The topological polar surface area (TPSA) is 17.1 Å². The van der Waals surface area contributed by atoms with Crippen molar-refractivity contribution in [1.29, 1.82) is 0 Å². The van der Waals surface area contributed by atoms with Gasteiger partial charge in [-0.25, -0.2) is 4.39 Å². The van der Waals surface area contributed by atoms with E-state index in [1.165, 1.54) is 17.2 Å². The summed E-state index contributed by atoms with van der Waals surface area (Å²) in [5, 5.41) is 0. The lowest BCUT2D eigenvalue weighted by Crippen LogP contribution is -2.02. The van der Waals surface area contributed by atoms with Gasteiger partial charge in [0.15, 0.2) is 0 Å². The van der Waals surface area contributed by atoms with E-state index in [1.54, 1.807) is 12.1 Å². The van der Waals surface area contributed by atoms with Gasteiger partial charge in [0.25, 0.3) is 0 Å². The van der Waals surface area contributed by atoms with Crippen LogP contribution in [0.15, 0.2) is 40.9 Å². The summed E-state index contributed by atoms with van der Waals surface area (Å²) in [6.07, 6.45) is 4.09. The molecular formula is C18H18BrFO. The Hall–Kier alpha value is -1.48. The van der Waals surface area contributed by atoms with Crippen molar-refractivity contribution in [2.24, 2.45) is 0 Å². The molecule has 3 heteroatoms. The third kappa shape index (κ3) is 4.01. The molecule has 0 aliphatic heterocycles. The predicted molar refractivity (Wildman–Crippen MR) is 87.3 cm³/mol. The van der Waals surface area contributed by atoms with Gasteiger partial charge in [0, 0.05) is 10.0 Å². The van der Waals surface area contributed by atoms with Crippen LogP contribution in [0.2, 0.25) is 0 Å². The second-order valence-corrected chi connectivity index (χ2v) is 6.00. The molecule has 2 aromatic carbocycles. The zero-order valence-electron chi connectivity index (χ0n) is 12.0. The van der Waals surface area contributed by atoms with Crippen molar-refractivity contribution in [1.82, 2.24) is 0 Å². The summed E-state index contributed by atoms with van der Waals surface area (Å²) in [6, 6.07) is 10.9. The fourth-order valence-corrected chi connectivity index (χ4v) is 2.96. The zero-order chi connectivity index (χ0) is 15.2. The number of benzene rings is 2. The quantitative estimate of drug-likeness (QED) is 0.660. The van der Waals surface area contributed by atoms with E-state index < -0.39 is 0 Å². The number of aryl methyl sites for hydroxylation is 2. The smallest absolute Gasteiger partial charge is 0.150 e. The second kappa shape index (κ2) is 7.51. The summed E-state index contributed by atoms with van der Waals surface area (Å²) >= 11 is 3.49. The normalized spacial score (nSPS) is 10.6. The summed E-state index contributed by atoms with van der Waals surface area (Å²) in [4.78, 5) is 11.0. The summed E-state index contributed by atoms with van der Waals surface area (Å²) < 4.78 is 14.9. The Balaban J connectivity index is 2.24. The maximum Gasteiger partial charge on any atom is 0.150 e. The fourth-order valence-electron chi connectivity index (χ4n) is 2.55. The molecule has 0 saturated carbocycles. The Kier molecular flexibility index (Phi) is 5.68. The standard InChI is InChI=1S/C18H18BrFO/c1-2-4-13-7-9-16(19)11-14(13)8-10-17-15(12-21)5-3-6-18(17)20/h3,5-7,9,11-12H,2,4,8,10H2,1H3. The molecule has 0 aliphatic carbocycles. The van der Waals surface area contributed by atoms with Gasteiger partial charge in [-0.2, -0.15) is 0 Å². The van der Waals surface area contributed by atoms with Crippen molar-refractivity contribution in [2.45, 2.75) is 32.6 Å². The Morgan fingerprint density at radius 3 is 2.62 bits per heavy atom. The van der Waals surface area contributed by atoms with Crippen LogP contribution in [0.5, 0.6) is 0 Å². The highest BCUT2D eigenvalue weighted by Crippen LogP contribution is 2.21. The molecule has 0 N–H and O–H groups in total. The number of halogens is 2. The molecule has 0 bridgehead atoms. The van der Waals surface area contributed by atoms with Crippen LogP contribution in [0.4, 0.5) is 4.39 Å². The summed E-state index contributed by atoms with van der Waals surface area (Å²) in [5.74, 6) is -0.299. The van der Waals surface area contributed by atoms with Gasteiger partial charge in [0.05, 0.1) is 0 Å². The number of hydrogen-bond acceptors (Lipinski definition) is 1. The van der Waals surface area contributed by atoms with Crippen LogP contribution in [0, 0.1) is 5.82 Å². The van der Waals surface area contributed by atoms with E-state index in [9.17, 15) is 9.18 Å². The summed E-state index contributed by atoms with van der Waals surface area (Å²) in [6.45, 7) is 2.15. The van der Waals surface area contributed by atoms with Gasteiger partial charge in [-0.1, -0.05) is 47.5 Å². The lowest BCUT2D eigenvalue weighted by Gasteiger charge is -2.11. The average Bonchev–Trinajstić information content (AvgIpc) is 2.48. The first-order chi connectivity index (χ1) is 10.2. The van der Waals surface area contributed by atoms with E-state index in [0.717, 1.165) is 30.0 Å². The van der Waals surface area contributed by atoms with Gasteiger partial charge >= 0.3 is 0 Å². The van der Waals surface area contributed by atoms with E-state index in [-0.39, 0.29) is 5.82 Å². The van der Waals surface area contributed by atoms with Gasteiger partial charge in [-0.05, 0) is 54.2 Å². The van der Waals surface area contributed by atoms with Crippen molar-refractivity contribution in [2.75, 3.05) is 0 Å². The van der Waals surface area contributed by atoms with E-state index >= 15 is 0 Å². The van der Waals surface area contributed by atoms with E-state index in [2.05, 4.69) is 35.0 Å². The first kappa shape index (κ1) is 15.9. The average molecular weight is 349 g/mol. The number of hydrogen-bond donors (Lipinski definition) is 0. The molecule has 0 amide bonds.